The van der Waals surface area contributed by atoms with Crippen LogP contribution in [0.2, 0.25) is 0 Å². The fourth-order valence-corrected chi connectivity index (χ4v) is 5.87. The lowest BCUT2D eigenvalue weighted by atomic mass is 9.53. The molecule has 0 bridgehead atoms. The maximum atomic E-state index is 14.4. The van der Waals surface area contributed by atoms with Crippen LogP contribution in [0.3, 0.4) is 0 Å². The SMILES string of the molecule is BBc1cc(C(C(=O)N2CC(O)CC2C2=NN(CC)C(C)(c3ccc(-c4ccccc4F)cc3)N2)C(C)C)on1. The fourth-order valence-electron chi connectivity index (χ4n) is 5.87. The van der Waals surface area contributed by atoms with Gasteiger partial charge >= 0.3 is 0 Å². The van der Waals surface area contributed by atoms with E-state index in [2.05, 4.69) is 10.5 Å². The topological polar surface area (TPSA) is 94.2 Å². The van der Waals surface area contributed by atoms with Gasteiger partial charge in [0.25, 0.3) is 0 Å². The van der Waals surface area contributed by atoms with E-state index in [4.69, 9.17) is 9.62 Å². The second-order valence-corrected chi connectivity index (χ2v) is 11.1. The Kier molecular flexibility index (Phi) is 7.77. The van der Waals surface area contributed by atoms with Crippen LogP contribution in [0.5, 0.6) is 0 Å². The van der Waals surface area contributed by atoms with Crippen molar-refractivity contribution in [1.29, 1.82) is 0 Å². The van der Waals surface area contributed by atoms with Crippen LogP contribution in [0.25, 0.3) is 11.1 Å². The monoisotopic (exact) mass is 543 g/mol. The quantitative estimate of drug-likeness (QED) is 0.422. The minimum atomic E-state index is -0.682. The van der Waals surface area contributed by atoms with Crippen molar-refractivity contribution < 1.29 is 18.8 Å². The third kappa shape index (κ3) is 5.03. The fraction of sp³-hybridized carbons (Fsp3) is 0.414. The average Bonchev–Trinajstić information content (AvgIpc) is 3.66. The van der Waals surface area contributed by atoms with Crippen LogP contribution in [-0.4, -0.2) is 72.1 Å². The number of likely N-dealkylation sites (tertiary alicyclic amines) is 1. The summed E-state index contributed by atoms with van der Waals surface area (Å²) in [7, 11) is 2.72. The summed E-state index contributed by atoms with van der Waals surface area (Å²) in [6.07, 6.45) is -0.270. The maximum absolute atomic E-state index is 14.4. The summed E-state index contributed by atoms with van der Waals surface area (Å²) in [5, 5.41) is 25.2. The summed E-state index contributed by atoms with van der Waals surface area (Å²) < 4.78 is 19.9. The number of rotatable bonds is 8. The van der Waals surface area contributed by atoms with Crippen molar-refractivity contribution in [3.8, 4) is 11.1 Å². The van der Waals surface area contributed by atoms with Crippen LogP contribution in [-0.2, 0) is 10.5 Å². The molecule has 2 N–H and O–H groups in total. The van der Waals surface area contributed by atoms with Crippen LogP contribution in [0.15, 0.2) is 64.2 Å². The molecular weight excluding hydrogens is 507 g/mol. The number of aliphatic hydroxyl groups excluding tert-OH is 1. The van der Waals surface area contributed by atoms with Gasteiger partial charge in [0.2, 0.25) is 5.91 Å². The number of nitrogens with one attached hydrogen (secondary N) is 1. The summed E-state index contributed by atoms with van der Waals surface area (Å²) in [6, 6.07) is 16.0. The van der Waals surface area contributed by atoms with Crippen LogP contribution in [0.1, 0.15) is 51.4 Å². The molecule has 2 aliphatic rings. The third-order valence-corrected chi connectivity index (χ3v) is 8.10. The van der Waals surface area contributed by atoms with Crippen molar-refractivity contribution in [2.75, 3.05) is 13.1 Å². The summed E-state index contributed by atoms with van der Waals surface area (Å²) in [4.78, 5) is 15.7. The van der Waals surface area contributed by atoms with Crippen molar-refractivity contribution in [1.82, 2.24) is 20.4 Å². The first-order valence-electron chi connectivity index (χ1n) is 14.1. The molecule has 0 aliphatic carbocycles. The molecule has 8 nitrogen and oxygen atoms in total. The summed E-state index contributed by atoms with van der Waals surface area (Å²) in [6.45, 7) is 8.89. The Hall–Kier alpha value is -3.59. The smallest absolute Gasteiger partial charge is 0.234 e. The molecule has 0 radical (unpaired) electrons. The molecule has 0 spiro atoms. The Balaban J connectivity index is 1.41. The molecule has 1 saturated heterocycles. The molecule has 1 fully saturated rings. The number of amidine groups is 1. The van der Waals surface area contributed by atoms with Gasteiger partial charge in [0, 0.05) is 30.7 Å². The maximum Gasteiger partial charge on any atom is 0.234 e. The van der Waals surface area contributed by atoms with E-state index in [1.807, 2.05) is 76.8 Å². The Labute approximate surface area is 236 Å². The van der Waals surface area contributed by atoms with E-state index in [9.17, 15) is 14.3 Å². The first-order chi connectivity index (χ1) is 19.2. The van der Waals surface area contributed by atoms with Crippen LogP contribution in [0.4, 0.5) is 4.39 Å². The van der Waals surface area contributed by atoms with Crippen molar-refractivity contribution in [2.45, 2.75) is 57.8 Å². The Morgan fingerprint density at radius 2 is 2.00 bits per heavy atom. The summed E-state index contributed by atoms with van der Waals surface area (Å²) >= 11 is 0. The van der Waals surface area contributed by atoms with E-state index < -0.39 is 23.7 Å². The summed E-state index contributed by atoms with van der Waals surface area (Å²) in [5.74, 6) is 0.289. The number of aromatic nitrogens is 1. The van der Waals surface area contributed by atoms with Crippen molar-refractivity contribution in [3.63, 3.8) is 0 Å². The van der Waals surface area contributed by atoms with Crippen LogP contribution >= 0.6 is 0 Å². The number of benzene rings is 2. The number of halogens is 1. The van der Waals surface area contributed by atoms with Gasteiger partial charge < -0.3 is 19.8 Å². The third-order valence-electron chi connectivity index (χ3n) is 8.10. The van der Waals surface area contributed by atoms with Gasteiger partial charge in [-0.1, -0.05) is 61.5 Å². The molecule has 11 heteroatoms. The minimum absolute atomic E-state index is 0.0209. The lowest BCUT2D eigenvalue weighted by Crippen LogP contribution is -2.52. The number of aliphatic hydroxyl groups is 1. The van der Waals surface area contributed by atoms with Gasteiger partial charge in [0.1, 0.15) is 30.5 Å². The Bertz CT molecular complexity index is 1400. The van der Waals surface area contributed by atoms with Crippen LogP contribution < -0.4 is 10.9 Å². The molecule has 3 aromatic rings. The van der Waals surface area contributed by atoms with E-state index in [1.165, 1.54) is 6.07 Å². The van der Waals surface area contributed by atoms with Gasteiger partial charge in [-0.05, 0) is 43.0 Å². The highest BCUT2D eigenvalue weighted by molar-refractivity contribution is 6.97. The molecule has 40 heavy (non-hydrogen) atoms. The molecule has 4 unspecified atom stereocenters. The van der Waals surface area contributed by atoms with Gasteiger partial charge in [-0.3, -0.25) is 9.80 Å². The average molecular weight is 543 g/mol. The molecule has 3 heterocycles. The second kappa shape index (κ2) is 11.1. The lowest BCUT2D eigenvalue weighted by molar-refractivity contribution is -0.134. The van der Waals surface area contributed by atoms with Gasteiger partial charge in [-0.25, -0.2) is 4.39 Å². The van der Waals surface area contributed by atoms with E-state index >= 15 is 0 Å². The van der Waals surface area contributed by atoms with Crippen molar-refractivity contribution in [2.24, 2.45) is 11.0 Å². The van der Waals surface area contributed by atoms with Gasteiger partial charge in [-0.2, -0.15) is 5.10 Å². The first-order valence-corrected chi connectivity index (χ1v) is 14.1. The standard InChI is InChI=1S/C29H36B2FN5O3/c1-5-37-29(4,19-12-10-18(11-13-19)21-8-6-7-9-22(21)32)33-27(34-37)23-14-20(38)16-36(23)28(39)26(17(2)3)24-15-25(31-30)35-40-24/h6-13,15,17,20,23,26,31,38H,5,14,16,30H2,1-4H3,(H,33,34). The molecule has 2 aromatic carbocycles. The number of amides is 1. The number of β-amino-alcohol motifs (C(OH)–C–C–N with tert-alkyl or cyclic N) is 1. The normalized spacial score (nSPS) is 23.3. The molecule has 1 amide bonds. The first kappa shape index (κ1) is 28.0. The Morgan fingerprint density at radius 3 is 2.62 bits per heavy atom. The van der Waals surface area contributed by atoms with E-state index in [0.717, 1.165) is 23.9 Å². The van der Waals surface area contributed by atoms with E-state index in [1.54, 1.807) is 17.0 Å². The van der Waals surface area contributed by atoms with E-state index in [0.29, 0.717) is 30.1 Å². The van der Waals surface area contributed by atoms with Gasteiger partial charge in [0.05, 0.1) is 19.9 Å². The number of carbonyl (C=O) groups excluding carboxylic acids is 1. The molecule has 2 aliphatic heterocycles. The molecule has 4 atom stereocenters. The minimum Gasteiger partial charge on any atom is -0.391 e. The summed E-state index contributed by atoms with van der Waals surface area (Å²) in [5.41, 5.74) is 2.43. The second-order valence-electron chi connectivity index (χ2n) is 11.1. The van der Waals surface area contributed by atoms with Gasteiger partial charge in [-0.15, -0.1) is 0 Å². The largest absolute Gasteiger partial charge is 0.391 e. The number of nitrogens with zero attached hydrogens (tertiary/aromatic N) is 4. The Morgan fingerprint density at radius 1 is 1.27 bits per heavy atom. The molecule has 5 rings (SSSR count). The van der Waals surface area contributed by atoms with Crippen LogP contribution in [0, 0.1) is 11.7 Å². The lowest BCUT2D eigenvalue weighted by Gasteiger charge is -2.35. The highest BCUT2D eigenvalue weighted by Crippen LogP contribution is 2.36. The molecule has 0 saturated carbocycles. The predicted molar refractivity (Wildman–Crippen MR) is 158 cm³/mol. The molecular formula is C29H36B2FN5O3. The zero-order chi connectivity index (χ0) is 28.6. The predicted octanol–water partition coefficient (Wildman–Crippen LogP) is 1.90. The zero-order valence-corrected chi connectivity index (χ0v) is 23.8. The number of carbonyl (C=O) groups is 1. The molecule has 208 valence electrons. The number of hydrogen-bond acceptors (Lipinski definition) is 7. The number of hydrogen-bond donors (Lipinski definition) is 2. The van der Waals surface area contributed by atoms with Crippen molar-refractivity contribution in [3.05, 3.63) is 71.7 Å². The zero-order valence-electron chi connectivity index (χ0n) is 23.8. The number of hydrazone groups is 1. The van der Waals surface area contributed by atoms with Crippen molar-refractivity contribution >= 4 is 32.2 Å². The highest BCUT2D eigenvalue weighted by Gasteiger charge is 2.47. The van der Waals surface area contributed by atoms with E-state index in [-0.39, 0.29) is 24.2 Å². The highest BCUT2D eigenvalue weighted by atomic mass is 19.1. The van der Waals surface area contributed by atoms with Gasteiger partial charge in [0.15, 0.2) is 5.66 Å². The molecule has 1 aromatic heterocycles.